The Hall–Kier alpha value is -1.44. The summed E-state index contributed by atoms with van der Waals surface area (Å²) in [6, 6.07) is 0.409. The van der Waals surface area contributed by atoms with Gasteiger partial charge in [-0.25, -0.2) is 0 Å². The zero-order valence-corrected chi connectivity index (χ0v) is 27.4. The van der Waals surface area contributed by atoms with E-state index in [0.717, 1.165) is 50.1 Å². The standard InChI is InChI=1S/C36H57N3O4/c1-6-30(41)38-18-31(42)37-13-14-39-19-22(2)15-29-32(39)23(3)36(43-29)12-10-27-26-8-7-24-16-25(40)9-11-34(24,5)28(26)17-35(27)20-33(35,4)21-36/h16,22-23,25-29,32,40H,6-15,17-21H2,1-5H3,(H,37,42)(H,38,41)/t22-,23+,25-,26-,27-,28-,29+,32-,33?,34-,35?,36-/m0/s1. The molecule has 7 rings (SSSR count). The molecule has 4 saturated carbocycles. The molecule has 2 heterocycles. The van der Waals surface area contributed by atoms with Crippen molar-refractivity contribution in [1.82, 2.24) is 15.5 Å². The molecular weight excluding hydrogens is 538 g/mol. The van der Waals surface area contributed by atoms with E-state index in [1.165, 1.54) is 44.9 Å². The normalized spacial score (nSPS) is 50.0. The van der Waals surface area contributed by atoms with Crippen molar-refractivity contribution in [3.63, 3.8) is 0 Å². The first kappa shape index (κ1) is 30.2. The zero-order valence-electron chi connectivity index (χ0n) is 27.4. The molecular formula is C36H57N3O4. The molecule has 6 fully saturated rings. The van der Waals surface area contributed by atoms with Crippen LogP contribution in [-0.2, 0) is 14.3 Å². The molecule has 0 radical (unpaired) electrons. The number of ether oxygens (including phenoxy) is 1. The summed E-state index contributed by atoms with van der Waals surface area (Å²) in [7, 11) is 0. The highest BCUT2D eigenvalue weighted by molar-refractivity contribution is 5.84. The number of carbonyl (C=O) groups is 2. The Morgan fingerprint density at radius 3 is 2.67 bits per heavy atom. The molecule has 2 amide bonds. The average molecular weight is 596 g/mol. The van der Waals surface area contributed by atoms with Crippen LogP contribution in [0, 0.1) is 45.8 Å². The van der Waals surface area contributed by atoms with Crippen LogP contribution in [0.5, 0.6) is 0 Å². The summed E-state index contributed by atoms with van der Waals surface area (Å²) >= 11 is 0. The Labute approximate surface area is 259 Å². The van der Waals surface area contributed by atoms with Gasteiger partial charge in [-0.1, -0.05) is 46.3 Å². The van der Waals surface area contributed by atoms with Crippen LogP contribution in [0.2, 0.25) is 0 Å². The number of amides is 2. The third kappa shape index (κ3) is 4.68. The number of nitrogens with one attached hydrogen (secondary N) is 2. The van der Waals surface area contributed by atoms with Crippen LogP contribution in [-0.4, -0.2) is 71.9 Å². The van der Waals surface area contributed by atoms with Crippen LogP contribution < -0.4 is 10.6 Å². The Morgan fingerprint density at radius 1 is 1.07 bits per heavy atom. The van der Waals surface area contributed by atoms with Crippen molar-refractivity contribution < 1.29 is 19.4 Å². The smallest absolute Gasteiger partial charge is 0.239 e. The SMILES string of the molecule is CCC(=O)NCC(=O)NCCN1C[C@@H](C)C[C@H]2O[C@]3(CC[C@H]4[C@@H]5CCC6=C[C@@H](O)CC[C@]6(C)[C@H]5CC45CC5(C)C3)[C@H](C)[C@@H]21. The Balaban J connectivity index is 1.05. The summed E-state index contributed by atoms with van der Waals surface area (Å²) < 4.78 is 7.36. The van der Waals surface area contributed by atoms with E-state index in [9.17, 15) is 14.7 Å². The highest BCUT2D eigenvalue weighted by atomic mass is 16.5. The number of hydrogen-bond donors (Lipinski definition) is 3. The molecule has 12 atom stereocenters. The lowest BCUT2D eigenvalue weighted by atomic mass is 9.56. The lowest BCUT2D eigenvalue weighted by Gasteiger charge is -2.49. The lowest BCUT2D eigenvalue weighted by molar-refractivity contribution is -0.126. The van der Waals surface area contributed by atoms with E-state index < -0.39 is 0 Å². The maximum atomic E-state index is 12.3. The number of carbonyl (C=O) groups excluding carboxylic acids is 2. The second-order valence-corrected chi connectivity index (χ2v) is 16.8. The van der Waals surface area contributed by atoms with Gasteiger partial charge in [0.1, 0.15) is 0 Å². The predicted octanol–water partition coefficient (Wildman–Crippen LogP) is 4.83. The summed E-state index contributed by atoms with van der Waals surface area (Å²) in [6.45, 7) is 14.4. The van der Waals surface area contributed by atoms with Gasteiger partial charge in [0.25, 0.3) is 0 Å². The molecule has 0 aromatic carbocycles. The fraction of sp³-hybridized carbons (Fsp3) is 0.889. The average Bonchev–Trinajstić information content (AvgIpc) is 3.27. The van der Waals surface area contributed by atoms with Crippen LogP contribution >= 0.6 is 0 Å². The van der Waals surface area contributed by atoms with Gasteiger partial charge in [-0.05, 0) is 104 Å². The Morgan fingerprint density at radius 2 is 1.88 bits per heavy atom. The zero-order chi connectivity index (χ0) is 30.4. The van der Waals surface area contributed by atoms with Gasteiger partial charge < -0.3 is 20.5 Å². The Bertz CT molecular complexity index is 1170. The minimum Gasteiger partial charge on any atom is -0.389 e. The number of piperidine rings is 1. The van der Waals surface area contributed by atoms with Gasteiger partial charge in [0.15, 0.2) is 0 Å². The van der Waals surface area contributed by atoms with E-state index in [1.807, 2.05) is 0 Å². The number of fused-ring (bicyclic) bond motifs is 5. The van der Waals surface area contributed by atoms with E-state index in [2.05, 4.69) is 49.3 Å². The number of rotatable bonds is 6. The van der Waals surface area contributed by atoms with Crippen molar-refractivity contribution >= 4 is 11.8 Å². The van der Waals surface area contributed by atoms with Gasteiger partial charge in [-0.2, -0.15) is 0 Å². The molecule has 2 unspecified atom stereocenters. The third-order valence-electron chi connectivity index (χ3n) is 14.5. The van der Waals surface area contributed by atoms with E-state index >= 15 is 0 Å². The molecule has 2 spiro atoms. The molecule has 2 saturated heterocycles. The Kier molecular flexibility index (Phi) is 7.42. The van der Waals surface area contributed by atoms with Crippen LogP contribution in [0.4, 0.5) is 0 Å². The minimum absolute atomic E-state index is 0.0397. The highest BCUT2D eigenvalue weighted by Crippen LogP contribution is 2.83. The maximum absolute atomic E-state index is 12.3. The van der Waals surface area contributed by atoms with Gasteiger partial charge in [-0.3, -0.25) is 14.5 Å². The van der Waals surface area contributed by atoms with Crippen LogP contribution in [0.1, 0.15) is 105 Å². The summed E-state index contributed by atoms with van der Waals surface area (Å²) in [5, 5.41) is 16.1. The maximum Gasteiger partial charge on any atom is 0.239 e. The quantitative estimate of drug-likeness (QED) is 0.383. The summed E-state index contributed by atoms with van der Waals surface area (Å²) in [6.07, 6.45) is 14.9. The predicted molar refractivity (Wildman–Crippen MR) is 167 cm³/mol. The van der Waals surface area contributed by atoms with Crippen LogP contribution in [0.15, 0.2) is 11.6 Å². The van der Waals surface area contributed by atoms with Gasteiger partial charge in [-0.15, -0.1) is 0 Å². The van der Waals surface area contributed by atoms with Gasteiger partial charge in [0.05, 0.1) is 24.4 Å². The first-order chi connectivity index (χ1) is 20.4. The number of nitrogens with zero attached hydrogens (tertiary/aromatic N) is 1. The molecule has 7 aliphatic rings. The third-order valence-corrected chi connectivity index (χ3v) is 14.5. The van der Waals surface area contributed by atoms with Crippen LogP contribution in [0.25, 0.3) is 0 Å². The number of aliphatic hydroxyl groups excluding tert-OH is 1. The molecule has 7 nitrogen and oxygen atoms in total. The van der Waals surface area contributed by atoms with Crippen molar-refractivity contribution in [2.45, 2.75) is 129 Å². The van der Waals surface area contributed by atoms with Crippen LogP contribution in [0.3, 0.4) is 0 Å². The molecule has 3 N–H and O–H groups in total. The molecule has 240 valence electrons. The summed E-state index contributed by atoms with van der Waals surface area (Å²) in [5.74, 6) is 3.29. The molecule has 0 bridgehead atoms. The summed E-state index contributed by atoms with van der Waals surface area (Å²) in [4.78, 5) is 26.5. The highest BCUT2D eigenvalue weighted by Gasteiger charge is 2.77. The van der Waals surface area contributed by atoms with E-state index in [1.54, 1.807) is 12.5 Å². The number of hydrogen-bond acceptors (Lipinski definition) is 5. The van der Waals surface area contributed by atoms with Crippen molar-refractivity contribution in [2.24, 2.45) is 45.8 Å². The molecule has 5 aliphatic carbocycles. The summed E-state index contributed by atoms with van der Waals surface area (Å²) in [5.41, 5.74) is 2.69. The molecule has 0 aromatic heterocycles. The monoisotopic (exact) mass is 595 g/mol. The van der Waals surface area contributed by atoms with Crippen molar-refractivity contribution in [3.05, 3.63) is 11.6 Å². The van der Waals surface area contributed by atoms with Gasteiger partial charge >= 0.3 is 0 Å². The number of allylic oxidation sites excluding steroid dienone is 1. The first-order valence-corrected chi connectivity index (χ1v) is 17.8. The number of aliphatic hydroxyl groups is 1. The second-order valence-electron chi connectivity index (χ2n) is 16.8. The van der Waals surface area contributed by atoms with Crippen molar-refractivity contribution in [3.8, 4) is 0 Å². The number of likely N-dealkylation sites (tertiary alicyclic amines) is 1. The van der Waals surface area contributed by atoms with Gasteiger partial charge in [0, 0.05) is 38.0 Å². The molecule has 7 heteroatoms. The largest absolute Gasteiger partial charge is 0.389 e. The first-order valence-electron chi connectivity index (χ1n) is 17.8. The fourth-order valence-corrected chi connectivity index (χ4v) is 12.4. The van der Waals surface area contributed by atoms with E-state index in [0.29, 0.717) is 47.1 Å². The second kappa shape index (κ2) is 10.6. The fourth-order valence-electron chi connectivity index (χ4n) is 12.4. The van der Waals surface area contributed by atoms with E-state index in [-0.39, 0.29) is 36.2 Å². The van der Waals surface area contributed by atoms with Gasteiger partial charge in [0.2, 0.25) is 11.8 Å². The minimum atomic E-state index is -0.229. The van der Waals surface area contributed by atoms with E-state index in [4.69, 9.17) is 4.74 Å². The van der Waals surface area contributed by atoms with Crippen molar-refractivity contribution in [1.29, 1.82) is 0 Å². The van der Waals surface area contributed by atoms with Crippen molar-refractivity contribution in [2.75, 3.05) is 26.2 Å². The molecule has 43 heavy (non-hydrogen) atoms. The molecule has 2 aliphatic heterocycles. The topological polar surface area (TPSA) is 90.9 Å². The lowest BCUT2D eigenvalue weighted by Crippen LogP contribution is -2.54. The molecule has 0 aromatic rings.